The topological polar surface area (TPSA) is 66.3 Å². The highest BCUT2D eigenvalue weighted by molar-refractivity contribution is 5.98. The van der Waals surface area contributed by atoms with Crippen LogP contribution in [-0.2, 0) is 18.4 Å². The zero-order valence-electron chi connectivity index (χ0n) is 18.1. The van der Waals surface area contributed by atoms with E-state index in [9.17, 15) is 4.79 Å². The predicted octanol–water partition coefficient (Wildman–Crippen LogP) is 2.66. The van der Waals surface area contributed by atoms with Crippen molar-refractivity contribution in [2.45, 2.75) is 25.8 Å². The Morgan fingerprint density at radius 1 is 1.19 bits per heavy atom. The van der Waals surface area contributed by atoms with Crippen LogP contribution in [0.4, 0.5) is 11.4 Å². The van der Waals surface area contributed by atoms with Gasteiger partial charge >= 0.3 is 0 Å². The van der Waals surface area contributed by atoms with Gasteiger partial charge < -0.3 is 15.1 Å². The van der Waals surface area contributed by atoms with Gasteiger partial charge in [0.25, 0.3) is 0 Å². The van der Waals surface area contributed by atoms with Crippen LogP contribution in [-0.4, -0.2) is 46.9 Å². The lowest BCUT2D eigenvalue weighted by Crippen LogP contribution is -2.38. The molecule has 0 aliphatic carbocycles. The molecule has 1 N–H and O–H groups in total. The van der Waals surface area contributed by atoms with E-state index in [4.69, 9.17) is 0 Å². The van der Waals surface area contributed by atoms with E-state index in [0.717, 1.165) is 55.9 Å². The quantitative estimate of drug-likeness (QED) is 0.696. The maximum Gasteiger partial charge on any atom is 0.231 e. The summed E-state index contributed by atoms with van der Waals surface area (Å²) in [4.78, 5) is 22.0. The second-order valence-corrected chi connectivity index (χ2v) is 9.31. The summed E-state index contributed by atoms with van der Waals surface area (Å²) < 4.78 is 1.83. The van der Waals surface area contributed by atoms with Crippen molar-refractivity contribution in [1.29, 1.82) is 0 Å². The third-order valence-corrected chi connectivity index (χ3v) is 7.41. The molecule has 2 saturated heterocycles. The molecule has 3 aliphatic rings. The number of pyridine rings is 1. The van der Waals surface area contributed by atoms with E-state index in [0.29, 0.717) is 11.8 Å². The Morgan fingerprint density at radius 3 is 2.97 bits per heavy atom. The van der Waals surface area contributed by atoms with Crippen LogP contribution >= 0.6 is 0 Å². The van der Waals surface area contributed by atoms with Crippen molar-refractivity contribution in [2.75, 3.05) is 36.0 Å². The van der Waals surface area contributed by atoms with E-state index < -0.39 is 0 Å². The lowest BCUT2D eigenvalue weighted by molar-refractivity contribution is -0.121. The monoisotopic (exact) mass is 416 g/mol. The number of nitrogens with zero attached hydrogens (tertiary/aromatic N) is 5. The van der Waals surface area contributed by atoms with Crippen LogP contribution in [0.1, 0.15) is 30.4 Å². The summed E-state index contributed by atoms with van der Waals surface area (Å²) in [6, 6.07) is 8.73. The Balaban J connectivity index is 1.30. The molecule has 3 aromatic rings. The fourth-order valence-corrected chi connectivity index (χ4v) is 5.72. The zero-order chi connectivity index (χ0) is 21.1. The average molecular weight is 417 g/mol. The number of carbonyl (C=O) groups is 1. The summed E-state index contributed by atoms with van der Waals surface area (Å²) in [5, 5.41) is 8.87. The van der Waals surface area contributed by atoms with E-state index in [1.807, 2.05) is 29.0 Å². The fraction of sp³-hybridized carbons (Fsp3) is 0.458. The second-order valence-electron chi connectivity index (χ2n) is 9.31. The van der Waals surface area contributed by atoms with Crippen molar-refractivity contribution in [3.63, 3.8) is 0 Å². The molecule has 31 heavy (non-hydrogen) atoms. The Morgan fingerprint density at radius 2 is 2.10 bits per heavy atom. The van der Waals surface area contributed by atoms with Crippen LogP contribution in [0.3, 0.4) is 0 Å². The average Bonchev–Trinajstić information content (AvgIpc) is 3.34. The van der Waals surface area contributed by atoms with Crippen molar-refractivity contribution < 1.29 is 4.79 Å². The van der Waals surface area contributed by atoms with Crippen molar-refractivity contribution >= 4 is 28.3 Å². The molecule has 0 saturated carbocycles. The normalized spacial score (nSPS) is 25.7. The molecular weight excluding hydrogens is 388 g/mol. The first-order chi connectivity index (χ1) is 15.1. The van der Waals surface area contributed by atoms with Crippen molar-refractivity contribution in [1.82, 2.24) is 20.1 Å². The van der Waals surface area contributed by atoms with Crippen LogP contribution in [0.15, 0.2) is 36.7 Å². The number of fused-ring (bicyclic) bond motifs is 3. The molecule has 7 heteroatoms. The molecule has 5 heterocycles. The highest BCUT2D eigenvalue weighted by Gasteiger charge is 2.42. The Labute approximate surface area is 182 Å². The first-order valence-corrected chi connectivity index (χ1v) is 11.3. The lowest BCUT2D eigenvalue weighted by atomic mass is 9.89. The van der Waals surface area contributed by atoms with Gasteiger partial charge in [0.15, 0.2) is 5.65 Å². The largest absolute Gasteiger partial charge is 0.366 e. The number of hydrogen-bond acceptors (Lipinski definition) is 5. The smallest absolute Gasteiger partial charge is 0.231 e. The number of nitrogens with one attached hydrogen (secondary N) is 1. The molecule has 2 fully saturated rings. The van der Waals surface area contributed by atoms with Gasteiger partial charge in [-0.25, -0.2) is 4.98 Å². The van der Waals surface area contributed by atoms with Gasteiger partial charge in [-0.05, 0) is 54.1 Å². The standard InChI is InChI=1S/C24H28N6O/c1-15-12-29(22-6-8-26-23-21(22)11-27-28(23)2)13-16-3-4-18(9-19(15)16)30-14-17-5-7-25-10-20(17)24(30)31/h3-4,6,8-9,11,15,17,20,25H,5,7,10,12-14H2,1-2H3/t15-,17-,20?/m0/s1. The number of benzene rings is 1. The van der Waals surface area contributed by atoms with Crippen molar-refractivity contribution in [2.24, 2.45) is 18.9 Å². The molecule has 160 valence electrons. The van der Waals surface area contributed by atoms with E-state index in [1.165, 1.54) is 16.8 Å². The molecule has 3 atom stereocenters. The Kier molecular flexibility index (Phi) is 4.28. The number of piperidine rings is 1. The van der Waals surface area contributed by atoms with Crippen LogP contribution < -0.4 is 15.1 Å². The summed E-state index contributed by atoms with van der Waals surface area (Å²) in [6.07, 6.45) is 4.88. The molecule has 1 aromatic carbocycles. The summed E-state index contributed by atoms with van der Waals surface area (Å²) in [7, 11) is 1.93. The van der Waals surface area contributed by atoms with Gasteiger partial charge in [0.1, 0.15) is 0 Å². The fourth-order valence-electron chi connectivity index (χ4n) is 5.72. The molecule has 0 bridgehead atoms. The van der Waals surface area contributed by atoms with Gasteiger partial charge in [-0.1, -0.05) is 13.0 Å². The van der Waals surface area contributed by atoms with Gasteiger partial charge in [0.2, 0.25) is 5.91 Å². The number of rotatable bonds is 2. The SMILES string of the molecule is C[C@H]1CN(c2ccnc3c2cnn3C)Cc2ccc(N3C[C@@H]4CCNCC4C3=O)cc21. The lowest BCUT2D eigenvalue weighted by Gasteiger charge is -2.35. The second kappa shape index (κ2) is 7.05. The third-order valence-electron chi connectivity index (χ3n) is 7.41. The number of aromatic nitrogens is 3. The predicted molar refractivity (Wildman–Crippen MR) is 121 cm³/mol. The Bertz CT molecular complexity index is 1170. The van der Waals surface area contributed by atoms with Crippen LogP contribution in [0.5, 0.6) is 0 Å². The highest BCUT2D eigenvalue weighted by atomic mass is 16.2. The molecule has 7 nitrogen and oxygen atoms in total. The van der Waals surface area contributed by atoms with Gasteiger partial charge in [0.05, 0.1) is 23.2 Å². The minimum absolute atomic E-state index is 0.145. The van der Waals surface area contributed by atoms with E-state index in [2.05, 4.69) is 51.5 Å². The van der Waals surface area contributed by atoms with Crippen LogP contribution in [0.2, 0.25) is 0 Å². The molecule has 6 rings (SSSR count). The number of amides is 1. The van der Waals surface area contributed by atoms with Gasteiger partial charge in [-0.3, -0.25) is 9.48 Å². The van der Waals surface area contributed by atoms with Gasteiger partial charge in [-0.15, -0.1) is 0 Å². The maximum absolute atomic E-state index is 13.0. The molecule has 0 radical (unpaired) electrons. The molecule has 0 spiro atoms. The number of carbonyl (C=O) groups excluding carboxylic acids is 1. The summed E-state index contributed by atoms with van der Waals surface area (Å²) in [6.45, 7) is 6.79. The van der Waals surface area contributed by atoms with Crippen LogP contribution in [0.25, 0.3) is 11.0 Å². The molecule has 3 aliphatic heterocycles. The molecule has 1 unspecified atom stereocenters. The van der Waals surface area contributed by atoms with Crippen LogP contribution in [0, 0.1) is 11.8 Å². The van der Waals surface area contributed by atoms with E-state index in [1.54, 1.807) is 0 Å². The van der Waals surface area contributed by atoms with Crippen molar-refractivity contribution in [3.05, 3.63) is 47.8 Å². The number of aryl methyl sites for hydroxylation is 1. The minimum atomic E-state index is 0.145. The first-order valence-electron chi connectivity index (χ1n) is 11.3. The minimum Gasteiger partial charge on any atom is -0.366 e. The maximum atomic E-state index is 13.0. The molecule has 1 amide bonds. The zero-order valence-corrected chi connectivity index (χ0v) is 18.1. The summed E-state index contributed by atoms with van der Waals surface area (Å²) in [5.41, 5.74) is 5.87. The molecular formula is C24H28N6O. The summed E-state index contributed by atoms with van der Waals surface area (Å²) >= 11 is 0. The third kappa shape index (κ3) is 2.94. The molecule has 2 aromatic heterocycles. The summed E-state index contributed by atoms with van der Waals surface area (Å²) in [5.74, 6) is 1.31. The van der Waals surface area contributed by atoms with Crippen molar-refractivity contribution in [3.8, 4) is 0 Å². The van der Waals surface area contributed by atoms with Gasteiger partial charge in [0, 0.05) is 45.1 Å². The first kappa shape index (κ1) is 18.8. The number of hydrogen-bond donors (Lipinski definition) is 1. The number of anilines is 2. The Hall–Kier alpha value is -2.93. The van der Waals surface area contributed by atoms with Gasteiger partial charge in [-0.2, -0.15) is 5.10 Å². The van der Waals surface area contributed by atoms with E-state index >= 15 is 0 Å². The van der Waals surface area contributed by atoms with E-state index in [-0.39, 0.29) is 11.8 Å². The highest BCUT2D eigenvalue weighted by Crippen LogP contribution is 2.38.